The van der Waals surface area contributed by atoms with Gasteiger partial charge >= 0.3 is 0 Å². The average molecular weight is 185 g/mol. The van der Waals surface area contributed by atoms with Crippen molar-refractivity contribution < 1.29 is 0 Å². The highest BCUT2D eigenvalue weighted by molar-refractivity contribution is 5.75. The molecule has 0 aliphatic carbocycles. The predicted molar refractivity (Wildman–Crippen MR) is 61.3 cm³/mol. The molecule has 1 aliphatic heterocycles. The fraction of sp³-hybridized carbons (Fsp3) is 0.308. The largest absolute Gasteiger partial charge is 0.268 e. The SMILES string of the molecule is CCC1C=NC=C(c2ccccc2)C1. The lowest BCUT2D eigenvalue weighted by molar-refractivity contribution is 0.692. The zero-order valence-electron chi connectivity index (χ0n) is 8.48. The molecule has 0 spiro atoms. The maximum absolute atomic E-state index is 4.30. The van der Waals surface area contributed by atoms with Crippen LogP contribution in [0.5, 0.6) is 0 Å². The summed E-state index contributed by atoms with van der Waals surface area (Å²) in [5, 5.41) is 0. The van der Waals surface area contributed by atoms with Crippen LogP contribution in [0, 0.1) is 5.92 Å². The van der Waals surface area contributed by atoms with E-state index in [1.165, 1.54) is 17.6 Å². The molecule has 1 aromatic rings. The minimum Gasteiger partial charge on any atom is -0.268 e. The van der Waals surface area contributed by atoms with Crippen LogP contribution >= 0.6 is 0 Å². The minimum absolute atomic E-state index is 0.621. The van der Waals surface area contributed by atoms with E-state index < -0.39 is 0 Å². The van der Waals surface area contributed by atoms with Crippen molar-refractivity contribution in [1.82, 2.24) is 0 Å². The summed E-state index contributed by atoms with van der Waals surface area (Å²) in [6.45, 7) is 2.21. The van der Waals surface area contributed by atoms with Crippen LogP contribution in [0.4, 0.5) is 0 Å². The van der Waals surface area contributed by atoms with Crippen LogP contribution in [0.3, 0.4) is 0 Å². The monoisotopic (exact) mass is 185 g/mol. The Hall–Kier alpha value is -1.37. The first-order chi connectivity index (χ1) is 6.90. The number of nitrogens with zero attached hydrogens (tertiary/aromatic N) is 1. The van der Waals surface area contributed by atoms with Gasteiger partial charge in [-0.3, -0.25) is 4.99 Å². The van der Waals surface area contributed by atoms with Crippen molar-refractivity contribution in [2.24, 2.45) is 10.9 Å². The Labute approximate surface area is 85.2 Å². The van der Waals surface area contributed by atoms with Crippen LogP contribution in [-0.2, 0) is 0 Å². The Morgan fingerprint density at radius 3 is 2.79 bits per heavy atom. The van der Waals surface area contributed by atoms with Gasteiger partial charge in [-0.05, 0) is 29.9 Å². The molecule has 0 bridgehead atoms. The summed E-state index contributed by atoms with van der Waals surface area (Å²) in [5.74, 6) is 0.621. The maximum atomic E-state index is 4.30. The first-order valence-electron chi connectivity index (χ1n) is 5.18. The van der Waals surface area contributed by atoms with Gasteiger partial charge in [0.2, 0.25) is 0 Å². The second-order valence-electron chi connectivity index (χ2n) is 3.69. The first-order valence-corrected chi connectivity index (χ1v) is 5.18. The van der Waals surface area contributed by atoms with Crippen LogP contribution in [0.2, 0.25) is 0 Å². The van der Waals surface area contributed by atoms with E-state index in [1.807, 2.05) is 12.3 Å². The molecule has 0 aromatic heterocycles. The average Bonchev–Trinajstić information content (AvgIpc) is 2.30. The molecule has 72 valence electrons. The van der Waals surface area contributed by atoms with E-state index in [0.717, 1.165) is 6.42 Å². The van der Waals surface area contributed by atoms with Gasteiger partial charge in [0.1, 0.15) is 0 Å². The number of hydrogen-bond donors (Lipinski definition) is 0. The van der Waals surface area contributed by atoms with Crippen molar-refractivity contribution in [2.45, 2.75) is 19.8 Å². The molecule has 0 fully saturated rings. The first kappa shape index (κ1) is 9.20. The van der Waals surface area contributed by atoms with Crippen molar-refractivity contribution in [3.05, 3.63) is 42.1 Å². The van der Waals surface area contributed by atoms with Gasteiger partial charge in [0.25, 0.3) is 0 Å². The zero-order valence-corrected chi connectivity index (χ0v) is 8.48. The van der Waals surface area contributed by atoms with E-state index in [0.29, 0.717) is 5.92 Å². The van der Waals surface area contributed by atoms with Gasteiger partial charge in [-0.25, -0.2) is 0 Å². The van der Waals surface area contributed by atoms with Crippen molar-refractivity contribution in [3.63, 3.8) is 0 Å². The molecule has 0 amide bonds. The van der Waals surface area contributed by atoms with Crippen LogP contribution in [-0.4, -0.2) is 6.21 Å². The number of benzene rings is 1. The molecule has 1 aromatic carbocycles. The summed E-state index contributed by atoms with van der Waals surface area (Å²) in [5.41, 5.74) is 2.67. The molecule has 2 rings (SSSR count). The fourth-order valence-electron chi connectivity index (χ4n) is 1.74. The number of rotatable bonds is 2. The number of aliphatic imine (C=N–C) groups is 1. The molecule has 1 heterocycles. The molecular formula is C13H15N. The summed E-state index contributed by atoms with van der Waals surface area (Å²) in [4.78, 5) is 4.30. The summed E-state index contributed by atoms with van der Waals surface area (Å²) in [7, 11) is 0. The molecule has 1 aliphatic rings. The molecule has 1 nitrogen and oxygen atoms in total. The van der Waals surface area contributed by atoms with Gasteiger partial charge in [-0.1, -0.05) is 37.3 Å². The highest BCUT2D eigenvalue weighted by Crippen LogP contribution is 2.26. The molecule has 0 radical (unpaired) electrons. The lowest BCUT2D eigenvalue weighted by Gasteiger charge is -2.15. The molecule has 1 atom stereocenters. The van der Waals surface area contributed by atoms with Crippen LogP contribution in [0.25, 0.3) is 5.57 Å². The second-order valence-corrected chi connectivity index (χ2v) is 3.69. The Morgan fingerprint density at radius 2 is 2.07 bits per heavy atom. The molecule has 1 unspecified atom stereocenters. The topological polar surface area (TPSA) is 12.4 Å². The van der Waals surface area contributed by atoms with Gasteiger partial charge < -0.3 is 0 Å². The van der Waals surface area contributed by atoms with Crippen molar-refractivity contribution >= 4 is 11.8 Å². The molecule has 1 heteroatoms. The lowest BCUT2D eigenvalue weighted by atomic mass is 9.92. The Morgan fingerprint density at radius 1 is 1.29 bits per heavy atom. The van der Waals surface area contributed by atoms with E-state index in [2.05, 4.69) is 42.4 Å². The third kappa shape index (κ3) is 1.92. The van der Waals surface area contributed by atoms with E-state index in [9.17, 15) is 0 Å². The smallest absolute Gasteiger partial charge is 0.0302 e. The molecule has 0 saturated carbocycles. The van der Waals surface area contributed by atoms with E-state index >= 15 is 0 Å². The zero-order chi connectivity index (χ0) is 9.80. The van der Waals surface area contributed by atoms with Gasteiger partial charge in [-0.15, -0.1) is 0 Å². The molecule has 14 heavy (non-hydrogen) atoms. The lowest BCUT2D eigenvalue weighted by Crippen LogP contribution is -2.05. The van der Waals surface area contributed by atoms with Crippen molar-refractivity contribution in [2.75, 3.05) is 0 Å². The van der Waals surface area contributed by atoms with Gasteiger partial charge in [0, 0.05) is 12.4 Å². The highest BCUT2D eigenvalue weighted by atomic mass is 14.7. The van der Waals surface area contributed by atoms with E-state index in [-0.39, 0.29) is 0 Å². The van der Waals surface area contributed by atoms with E-state index in [4.69, 9.17) is 0 Å². The van der Waals surface area contributed by atoms with Gasteiger partial charge in [0.15, 0.2) is 0 Å². The van der Waals surface area contributed by atoms with Crippen molar-refractivity contribution in [1.29, 1.82) is 0 Å². The highest BCUT2D eigenvalue weighted by Gasteiger charge is 2.11. The fourth-order valence-corrected chi connectivity index (χ4v) is 1.74. The number of allylic oxidation sites excluding steroid dienone is 1. The predicted octanol–water partition coefficient (Wildman–Crippen LogP) is 3.53. The second kappa shape index (κ2) is 4.23. The van der Waals surface area contributed by atoms with Crippen LogP contribution < -0.4 is 0 Å². The molecule has 0 saturated heterocycles. The third-order valence-corrected chi connectivity index (χ3v) is 2.68. The van der Waals surface area contributed by atoms with Crippen LogP contribution in [0.1, 0.15) is 25.3 Å². The number of hydrogen-bond acceptors (Lipinski definition) is 1. The van der Waals surface area contributed by atoms with Gasteiger partial charge in [-0.2, -0.15) is 0 Å². The summed E-state index contributed by atoms with van der Waals surface area (Å²) in [6.07, 6.45) is 6.35. The van der Waals surface area contributed by atoms with Crippen molar-refractivity contribution in [3.8, 4) is 0 Å². The Balaban J connectivity index is 2.21. The summed E-state index contributed by atoms with van der Waals surface area (Å²) >= 11 is 0. The van der Waals surface area contributed by atoms with E-state index in [1.54, 1.807) is 0 Å². The molecular weight excluding hydrogens is 170 g/mol. The quantitative estimate of drug-likeness (QED) is 0.668. The Bertz CT molecular complexity index is 349. The minimum atomic E-state index is 0.621. The van der Waals surface area contributed by atoms with Gasteiger partial charge in [0.05, 0.1) is 0 Å². The van der Waals surface area contributed by atoms with Crippen LogP contribution in [0.15, 0.2) is 41.5 Å². The maximum Gasteiger partial charge on any atom is 0.0302 e. The Kier molecular flexibility index (Phi) is 2.78. The normalized spacial score (nSPS) is 20.6. The third-order valence-electron chi connectivity index (χ3n) is 2.68. The standard InChI is InChI=1S/C13H15N/c1-2-11-8-13(10-14-9-11)12-6-4-3-5-7-12/h3-7,9-11H,2,8H2,1H3. The molecule has 0 N–H and O–H groups in total. The summed E-state index contributed by atoms with van der Waals surface area (Å²) in [6, 6.07) is 10.5. The summed E-state index contributed by atoms with van der Waals surface area (Å²) < 4.78 is 0.